The number of carbonyl (C=O) groups excluding carboxylic acids is 2. The number of esters is 1. The van der Waals surface area contributed by atoms with E-state index in [9.17, 15) is 9.59 Å². The quantitative estimate of drug-likeness (QED) is 0.633. The third-order valence-corrected chi connectivity index (χ3v) is 3.53. The monoisotopic (exact) mass is 296 g/mol. The summed E-state index contributed by atoms with van der Waals surface area (Å²) in [4.78, 5) is 29.7. The van der Waals surface area contributed by atoms with Gasteiger partial charge in [-0.25, -0.2) is 4.98 Å². The van der Waals surface area contributed by atoms with E-state index in [1.807, 2.05) is 0 Å². The number of aromatic nitrogens is 1. The molecular weight excluding hydrogens is 280 g/mol. The van der Waals surface area contributed by atoms with Gasteiger partial charge in [0, 0.05) is 19.3 Å². The molecule has 20 heavy (non-hydrogen) atoms. The van der Waals surface area contributed by atoms with Crippen LogP contribution in [-0.2, 0) is 9.53 Å². The standard InChI is InChI=1S/C14H17ClN2O3/c1-2-20-14(19)11-4-3-7-17(9-11)13(18)10-5-6-12(15)16-8-10/h5-6,8,11H,2-4,7,9H2,1H3/t11-/m0/s1. The van der Waals surface area contributed by atoms with Gasteiger partial charge in [-0.15, -0.1) is 0 Å². The summed E-state index contributed by atoms with van der Waals surface area (Å²) in [5.74, 6) is -0.574. The highest BCUT2D eigenvalue weighted by Gasteiger charge is 2.29. The van der Waals surface area contributed by atoms with Crippen LogP contribution in [0.25, 0.3) is 0 Å². The molecule has 2 rings (SSSR count). The Morgan fingerprint density at radius 1 is 1.50 bits per heavy atom. The number of piperidine rings is 1. The molecule has 1 amide bonds. The molecule has 0 saturated carbocycles. The second kappa shape index (κ2) is 6.70. The third kappa shape index (κ3) is 3.48. The van der Waals surface area contributed by atoms with Crippen molar-refractivity contribution in [2.45, 2.75) is 19.8 Å². The number of hydrogen-bond acceptors (Lipinski definition) is 4. The van der Waals surface area contributed by atoms with Gasteiger partial charge in [0.1, 0.15) is 5.15 Å². The summed E-state index contributed by atoms with van der Waals surface area (Å²) in [6.45, 7) is 3.20. The highest BCUT2D eigenvalue weighted by atomic mass is 35.5. The van der Waals surface area contributed by atoms with E-state index in [0.717, 1.165) is 12.8 Å². The maximum Gasteiger partial charge on any atom is 0.310 e. The number of pyridine rings is 1. The predicted octanol–water partition coefficient (Wildman–Crippen LogP) is 2.15. The molecular formula is C14H17ClN2O3. The van der Waals surface area contributed by atoms with Gasteiger partial charge in [-0.2, -0.15) is 0 Å². The molecule has 0 aliphatic carbocycles. The number of hydrogen-bond donors (Lipinski definition) is 0. The number of halogens is 1. The van der Waals surface area contributed by atoms with Crippen molar-refractivity contribution in [1.29, 1.82) is 0 Å². The molecule has 0 bridgehead atoms. The molecule has 1 aromatic heterocycles. The maximum absolute atomic E-state index is 12.3. The SMILES string of the molecule is CCOC(=O)[C@H]1CCCN(C(=O)c2ccc(Cl)nc2)C1. The van der Waals surface area contributed by atoms with E-state index in [1.165, 1.54) is 6.20 Å². The minimum absolute atomic E-state index is 0.122. The number of likely N-dealkylation sites (tertiary alicyclic amines) is 1. The van der Waals surface area contributed by atoms with Gasteiger partial charge in [0.25, 0.3) is 5.91 Å². The third-order valence-electron chi connectivity index (χ3n) is 3.30. The smallest absolute Gasteiger partial charge is 0.310 e. The summed E-state index contributed by atoms with van der Waals surface area (Å²) in [7, 11) is 0. The lowest BCUT2D eigenvalue weighted by molar-refractivity contribution is -0.149. The van der Waals surface area contributed by atoms with Crippen LogP contribution in [-0.4, -0.2) is 41.5 Å². The van der Waals surface area contributed by atoms with Crippen LogP contribution in [0.4, 0.5) is 0 Å². The Balaban J connectivity index is 2.03. The summed E-state index contributed by atoms with van der Waals surface area (Å²) in [6.07, 6.45) is 3.02. The predicted molar refractivity (Wildman–Crippen MR) is 74.5 cm³/mol. The number of rotatable bonds is 3. The van der Waals surface area contributed by atoms with E-state index in [-0.39, 0.29) is 17.8 Å². The molecule has 0 spiro atoms. The Bertz CT molecular complexity index is 490. The fraction of sp³-hybridized carbons (Fsp3) is 0.500. The number of amides is 1. The largest absolute Gasteiger partial charge is 0.466 e. The average molecular weight is 297 g/mol. The molecule has 5 nitrogen and oxygen atoms in total. The van der Waals surface area contributed by atoms with Crippen molar-refractivity contribution in [1.82, 2.24) is 9.88 Å². The zero-order chi connectivity index (χ0) is 14.5. The summed E-state index contributed by atoms with van der Waals surface area (Å²) in [5.41, 5.74) is 0.485. The molecule has 1 saturated heterocycles. The van der Waals surface area contributed by atoms with Gasteiger partial charge in [-0.3, -0.25) is 9.59 Å². The Labute approximate surface area is 122 Å². The molecule has 0 N–H and O–H groups in total. The van der Waals surface area contributed by atoms with Crippen LogP contribution < -0.4 is 0 Å². The number of carbonyl (C=O) groups is 2. The van der Waals surface area contributed by atoms with Crippen LogP contribution in [0.1, 0.15) is 30.1 Å². The van der Waals surface area contributed by atoms with Crippen LogP contribution in [0, 0.1) is 5.92 Å². The molecule has 2 heterocycles. The van der Waals surface area contributed by atoms with E-state index in [2.05, 4.69) is 4.98 Å². The molecule has 1 fully saturated rings. The second-order valence-electron chi connectivity index (χ2n) is 4.71. The summed E-state index contributed by atoms with van der Waals surface area (Å²) in [5, 5.41) is 0.351. The zero-order valence-electron chi connectivity index (χ0n) is 11.3. The van der Waals surface area contributed by atoms with Gasteiger partial charge in [0.15, 0.2) is 0 Å². The first-order valence-corrected chi connectivity index (χ1v) is 7.07. The van der Waals surface area contributed by atoms with E-state index >= 15 is 0 Å². The Kier molecular flexibility index (Phi) is 4.95. The van der Waals surface area contributed by atoms with Crippen molar-refractivity contribution in [3.8, 4) is 0 Å². The van der Waals surface area contributed by atoms with Crippen LogP contribution >= 0.6 is 11.6 Å². The Morgan fingerprint density at radius 2 is 2.30 bits per heavy atom. The van der Waals surface area contributed by atoms with Gasteiger partial charge < -0.3 is 9.64 Å². The lowest BCUT2D eigenvalue weighted by atomic mass is 9.97. The summed E-state index contributed by atoms with van der Waals surface area (Å²) in [6, 6.07) is 3.23. The second-order valence-corrected chi connectivity index (χ2v) is 5.10. The van der Waals surface area contributed by atoms with Crippen molar-refractivity contribution < 1.29 is 14.3 Å². The van der Waals surface area contributed by atoms with Crippen molar-refractivity contribution in [3.05, 3.63) is 29.0 Å². The lowest BCUT2D eigenvalue weighted by Crippen LogP contribution is -2.42. The Morgan fingerprint density at radius 3 is 2.95 bits per heavy atom. The van der Waals surface area contributed by atoms with Crippen molar-refractivity contribution >= 4 is 23.5 Å². The average Bonchev–Trinajstić information content (AvgIpc) is 2.48. The maximum atomic E-state index is 12.3. The molecule has 1 aliphatic rings. The van der Waals surface area contributed by atoms with E-state index in [4.69, 9.17) is 16.3 Å². The van der Waals surface area contributed by atoms with E-state index in [1.54, 1.807) is 24.0 Å². The molecule has 108 valence electrons. The van der Waals surface area contributed by atoms with Crippen LogP contribution in [0.3, 0.4) is 0 Å². The highest BCUT2D eigenvalue weighted by molar-refractivity contribution is 6.29. The summed E-state index contributed by atoms with van der Waals surface area (Å²) >= 11 is 5.70. The molecule has 1 aliphatic heterocycles. The lowest BCUT2D eigenvalue weighted by Gasteiger charge is -2.31. The first-order valence-electron chi connectivity index (χ1n) is 6.69. The molecule has 0 radical (unpaired) electrons. The van der Waals surface area contributed by atoms with Crippen molar-refractivity contribution in [2.75, 3.05) is 19.7 Å². The normalized spacial score (nSPS) is 18.7. The van der Waals surface area contributed by atoms with Gasteiger partial charge in [0.2, 0.25) is 0 Å². The van der Waals surface area contributed by atoms with Gasteiger partial charge in [-0.05, 0) is 31.9 Å². The minimum atomic E-state index is -0.229. The van der Waals surface area contributed by atoms with E-state index < -0.39 is 0 Å². The fourth-order valence-corrected chi connectivity index (χ4v) is 2.41. The number of ether oxygens (including phenoxy) is 1. The van der Waals surface area contributed by atoms with Crippen LogP contribution in [0.5, 0.6) is 0 Å². The molecule has 1 atom stereocenters. The van der Waals surface area contributed by atoms with Crippen LogP contribution in [0.15, 0.2) is 18.3 Å². The molecule has 0 unspecified atom stereocenters. The van der Waals surface area contributed by atoms with Crippen molar-refractivity contribution in [3.63, 3.8) is 0 Å². The molecule has 0 aromatic carbocycles. The van der Waals surface area contributed by atoms with Gasteiger partial charge >= 0.3 is 5.97 Å². The topological polar surface area (TPSA) is 59.5 Å². The fourth-order valence-electron chi connectivity index (χ4n) is 2.30. The van der Waals surface area contributed by atoms with Gasteiger partial charge in [0.05, 0.1) is 18.1 Å². The first-order chi connectivity index (χ1) is 9.61. The van der Waals surface area contributed by atoms with Gasteiger partial charge in [-0.1, -0.05) is 11.6 Å². The Hall–Kier alpha value is -1.62. The summed E-state index contributed by atoms with van der Waals surface area (Å²) < 4.78 is 5.02. The van der Waals surface area contributed by atoms with Crippen molar-refractivity contribution in [2.24, 2.45) is 5.92 Å². The zero-order valence-corrected chi connectivity index (χ0v) is 12.1. The molecule has 6 heteroatoms. The number of nitrogens with zero attached hydrogens (tertiary/aromatic N) is 2. The molecule has 1 aromatic rings. The van der Waals surface area contributed by atoms with E-state index in [0.29, 0.717) is 30.4 Å². The minimum Gasteiger partial charge on any atom is -0.466 e. The van der Waals surface area contributed by atoms with Crippen LogP contribution in [0.2, 0.25) is 5.15 Å². The first kappa shape index (κ1) is 14.8. The highest BCUT2D eigenvalue weighted by Crippen LogP contribution is 2.20.